The van der Waals surface area contributed by atoms with Crippen LogP contribution >= 0.6 is 11.6 Å². The number of hydrogen-bond donors (Lipinski definition) is 0. The van der Waals surface area contributed by atoms with E-state index >= 15 is 0 Å². The van der Waals surface area contributed by atoms with Crippen molar-refractivity contribution in [3.05, 3.63) is 76.7 Å². The van der Waals surface area contributed by atoms with Gasteiger partial charge in [0.2, 0.25) is 0 Å². The zero-order chi connectivity index (χ0) is 14.8. The molecule has 0 saturated heterocycles. The molecule has 1 aromatic heterocycles. The first kappa shape index (κ1) is 13.7. The van der Waals surface area contributed by atoms with Gasteiger partial charge >= 0.3 is 0 Å². The summed E-state index contributed by atoms with van der Waals surface area (Å²) < 4.78 is 13.0. The van der Waals surface area contributed by atoms with Crippen LogP contribution < -0.4 is 0 Å². The maximum absolute atomic E-state index is 13.0. The van der Waals surface area contributed by atoms with Crippen molar-refractivity contribution in [1.82, 2.24) is 4.98 Å². The van der Waals surface area contributed by atoms with Crippen molar-refractivity contribution in [2.24, 2.45) is 0 Å². The molecule has 0 aliphatic rings. The fourth-order valence-electron chi connectivity index (χ4n) is 2.27. The predicted molar refractivity (Wildman–Crippen MR) is 81.2 cm³/mol. The average Bonchev–Trinajstić information content (AvgIpc) is 2.49. The lowest BCUT2D eigenvalue weighted by molar-refractivity contribution is 0.0994. The number of fused-ring (bicyclic) bond motifs is 1. The summed E-state index contributed by atoms with van der Waals surface area (Å²) in [5, 5.41) is 1.07. The molecule has 3 rings (SSSR count). The molecule has 0 bridgehead atoms. The molecule has 0 radical (unpaired) electrons. The maximum atomic E-state index is 13.0. The third kappa shape index (κ3) is 2.78. The second kappa shape index (κ2) is 5.62. The highest BCUT2D eigenvalue weighted by atomic mass is 35.5. The number of benzene rings is 2. The summed E-state index contributed by atoms with van der Waals surface area (Å²) in [6.07, 6.45) is 1.74. The number of halogens is 2. The van der Waals surface area contributed by atoms with Gasteiger partial charge in [0, 0.05) is 28.6 Å². The van der Waals surface area contributed by atoms with Crippen LogP contribution in [0.1, 0.15) is 15.9 Å². The molecule has 0 spiro atoms. The predicted octanol–water partition coefficient (Wildman–Crippen LogP) is 4.45. The van der Waals surface area contributed by atoms with E-state index in [1.165, 1.54) is 12.1 Å². The number of nitrogens with zero attached hydrogens (tertiary/aromatic N) is 1. The van der Waals surface area contributed by atoms with Gasteiger partial charge in [-0.05, 0) is 29.8 Å². The highest BCUT2D eigenvalue weighted by Crippen LogP contribution is 2.22. The van der Waals surface area contributed by atoms with Crippen LogP contribution in [-0.4, -0.2) is 10.8 Å². The molecule has 0 aliphatic heterocycles. The molecule has 0 unspecified atom stereocenters. The number of ketones is 1. The van der Waals surface area contributed by atoms with Gasteiger partial charge in [-0.3, -0.25) is 9.78 Å². The molecular formula is C17H11ClFNO. The molecule has 1 heterocycles. The molecule has 3 aromatic rings. The van der Waals surface area contributed by atoms with Crippen LogP contribution in [0.15, 0.2) is 54.7 Å². The van der Waals surface area contributed by atoms with Gasteiger partial charge in [-0.1, -0.05) is 35.9 Å². The Bertz CT molecular complexity index is 827. The maximum Gasteiger partial charge on any atom is 0.168 e. The van der Waals surface area contributed by atoms with E-state index in [4.69, 9.17) is 11.6 Å². The molecule has 2 nitrogen and oxygen atoms in total. The van der Waals surface area contributed by atoms with E-state index in [0.717, 1.165) is 10.9 Å². The Morgan fingerprint density at radius 2 is 1.95 bits per heavy atom. The Hall–Kier alpha value is -2.26. The van der Waals surface area contributed by atoms with E-state index in [1.807, 2.05) is 24.3 Å². The summed E-state index contributed by atoms with van der Waals surface area (Å²) >= 11 is 5.97. The van der Waals surface area contributed by atoms with Crippen LogP contribution in [0.25, 0.3) is 10.9 Å². The Labute approximate surface area is 126 Å². The van der Waals surface area contributed by atoms with E-state index < -0.39 is 5.82 Å². The number of aromatic nitrogens is 1. The molecule has 21 heavy (non-hydrogen) atoms. The van der Waals surface area contributed by atoms with Crippen molar-refractivity contribution in [3.8, 4) is 0 Å². The standard InChI is InChI=1S/C17H11ClFNO/c18-15-10-12(19)6-5-11(15)9-17(21)14-7-8-20-16-4-2-1-3-13(14)16/h1-8,10H,9H2. The lowest BCUT2D eigenvalue weighted by Crippen LogP contribution is -2.05. The lowest BCUT2D eigenvalue weighted by Gasteiger charge is -2.07. The quantitative estimate of drug-likeness (QED) is 0.669. The Morgan fingerprint density at radius 3 is 2.76 bits per heavy atom. The Kier molecular flexibility index (Phi) is 3.67. The van der Waals surface area contributed by atoms with Crippen LogP contribution in [0.5, 0.6) is 0 Å². The average molecular weight is 300 g/mol. The van der Waals surface area contributed by atoms with Crippen molar-refractivity contribution in [2.75, 3.05) is 0 Å². The fourth-order valence-corrected chi connectivity index (χ4v) is 2.51. The monoisotopic (exact) mass is 299 g/mol. The second-order valence-electron chi connectivity index (χ2n) is 4.71. The molecule has 0 amide bonds. The molecule has 0 fully saturated rings. The van der Waals surface area contributed by atoms with Gasteiger partial charge in [-0.2, -0.15) is 0 Å². The second-order valence-corrected chi connectivity index (χ2v) is 5.12. The molecule has 0 atom stereocenters. The SMILES string of the molecule is O=C(Cc1ccc(F)cc1Cl)c1ccnc2ccccc12. The van der Waals surface area contributed by atoms with Crippen LogP contribution in [0.4, 0.5) is 4.39 Å². The van der Waals surface area contributed by atoms with Crippen molar-refractivity contribution in [1.29, 1.82) is 0 Å². The van der Waals surface area contributed by atoms with Crippen molar-refractivity contribution in [2.45, 2.75) is 6.42 Å². The van der Waals surface area contributed by atoms with Crippen LogP contribution in [0, 0.1) is 5.82 Å². The molecule has 4 heteroatoms. The third-order valence-electron chi connectivity index (χ3n) is 3.32. The minimum Gasteiger partial charge on any atom is -0.294 e. The van der Waals surface area contributed by atoms with Gasteiger partial charge in [0.25, 0.3) is 0 Å². The van der Waals surface area contributed by atoms with E-state index in [1.54, 1.807) is 18.3 Å². The Morgan fingerprint density at radius 1 is 1.14 bits per heavy atom. The first-order valence-electron chi connectivity index (χ1n) is 6.46. The van der Waals surface area contributed by atoms with Gasteiger partial charge < -0.3 is 0 Å². The van der Waals surface area contributed by atoms with Crippen LogP contribution in [0.3, 0.4) is 0 Å². The number of rotatable bonds is 3. The number of carbonyl (C=O) groups is 1. The van der Waals surface area contributed by atoms with Gasteiger partial charge in [-0.15, -0.1) is 0 Å². The molecule has 104 valence electrons. The molecule has 0 N–H and O–H groups in total. The smallest absolute Gasteiger partial charge is 0.168 e. The number of hydrogen-bond acceptors (Lipinski definition) is 2. The first-order valence-corrected chi connectivity index (χ1v) is 6.84. The van der Waals surface area contributed by atoms with Crippen LogP contribution in [-0.2, 0) is 6.42 Å². The minimum absolute atomic E-state index is 0.0675. The molecule has 0 saturated carbocycles. The zero-order valence-corrected chi connectivity index (χ0v) is 11.8. The fraction of sp³-hybridized carbons (Fsp3) is 0.0588. The van der Waals surface area contributed by atoms with Gasteiger partial charge in [-0.25, -0.2) is 4.39 Å². The highest BCUT2D eigenvalue weighted by Gasteiger charge is 2.13. The molecule has 0 aliphatic carbocycles. The van der Waals surface area contributed by atoms with Gasteiger partial charge in [0.15, 0.2) is 5.78 Å². The van der Waals surface area contributed by atoms with Crippen LogP contribution in [0.2, 0.25) is 5.02 Å². The minimum atomic E-state index is -0.412. The normalized spacial score (nSPS) is 10.8. The van der Waals surface area contributed by atoms with E-state index in [9.17, 15) is 9.18 Å². The van der Waals surface area contributed by atoms with E-state index in [2.05, 4.69) is 4.98 Å². The largest absolute Gasteiger partial charge is 0.294 e. The first-order chi connectivity index (χ1) is 10.1. The van der Waals surface area contributed by atoms with Crippen molar-refractivity contribution < 1.29 is 9.18 Å². The van der Waals surface area contributed by atoms with Crippen molar-refractivity contribution in [3.63, 3.8) is 0 Å². The summed E-state index contributed by atoms with van der Waals surface area (Å²) in [6, 6.07) is 13.2. The molecule has 2 aromatic carbocycles. The topological polar surface area (TPSA) is 30.0 Å². The van der Waals surface area contributed by atoms with E-state index in [0.29, 0.717) is 11.1 Å². The Balaban J connectivity index is 1.97. The van der Waals surface area contributed by atoms with Gasteiger partial charge in [0.1, 0.15) is 5.82 Å². The summed E-state index contributed by atoms with van der Waals surface area (Å²) in [7, 11) is 0. The van der Waals surface area contributed by atoms with Crippen molar-refractivity contribution >= 4 is 28.3 Å². The number of pyridine rings is 1. The lowest BCUT2D eigenvalue weighted by atomic mass is 10.00. The summed E-state index contributed by atoms with van der Waals surface area (Å²) in [6.45, 7) is 0. The summed E-state index contributed by atoms with van der Waals surface area (Å²) in [4.78, 5) is 16.7. The third-order valence-corrected chi connectivity index (χ3v) is 3.67. The zero-order valence-electron chi connectivity index (χ0n) is 11.0. The van der Waals surface area contributed by atoms with Gasteiger partial charge in [0.05, 0.1) is 5.52 Å². The summed E-state index contributed by atoms with van der Waals surface area (Å²) in [5.41, 5.74) is 1.98. The highest BCUT2D eigenvalue weighted by molar-refractivity contribution is 6.31. The number of carbonyl (C=O) groups excluding carboxylic acids is 1. The number of para-hydroxylation sites is 1. The van der Waals surface area contributed by atoms with E-state index in [-0.39, 0.29) is 17.2 Å². The molecular weight excluding hydrogens is 289 g/mol. The number of Topliss-reactive ketones (excluding diaryl/α,β-unsaturated/α-hetero) is 1. The summed E-state index contributed by atoms with van der Waals surface area (Å²) in [5.74, 6) is -0.479.